The molecular formula is C22H17N3O4S2. The summed E-state index contributed by atoms with van der Waals surface area (Å²) in [6.07, 6.45) is 3.61. The van der Waals surface area contributed by atoms with Crippen LogP contribution >= 0.6 is 24.0 Å². The molecule has 0 radical (unpaired) electrons. The van der Waals surface area contributed by atoms with Gasteiger partial charge in [-0.2, -0.15) is 0 Å². The van der Waals surface area contributed by atoms with Gasteiger partial charge in [0.1, 0.15) is 5.75 Å². The highest BCUT2D eigenvalue weighted by atomic mass is 32.2. The predicted molar refractivity (Wildman–Crippen MR) is 126 cm³/mol. The lowest BCUT2D eigenvalue weighted by atomic mass is 10.2. The average molecular weight is 452 g/mol. The summed E-state index contributed by atoms with van der Waals surface area (Å²) < 4.78 is 7.76. The Morgan fingerprint density at radius 3 is 2.42 bits per heavy atom. The van der Waals surface area contributed by atoms with Crippen molar-refractivity contribution in [2.24, 2.45) is 0 Å². The molecule has 31 heavy (non-hydrogen) atoms. The summed E-state index contributed by atoms with van der Waals surface area (Å²) in [6.45, 7) is 2.48. The lowest BCUT2D eigenvalue weighted by Crippen LogP contribution is -2.27. The molecule has 9 heteroatoms. The standard InChI is InChI=1S/C22H17N3O4S2/c1-2-29-19-11-9-16(10-12-19)24-21(26)20(31-22(24)30)14-18-4-3-13-23(18)15-5-7-17(8-6-15)25(27)28/h3-14H,2H2,1H3. The number of hydrogen-bond acceptors (Lipinski definition) is 6. The Balaban J connectivity index is 1.60. The molecule has 0 spiro atoms. The number of nitrogens with zero attached hydrogens (tertiary/aromatic N) is 3. The van der Waals surface area contributed by atoms with Crippen molar-refractivity contribution in [3.63, 3.8) is 0 Å². The van der Waals surface area contributed by atoms with E-state index in [-0.39, 0.29) is 11.6 Å². The molecule has 4 rings (SSSR count). The normalized spacial score (nSPS) is 15.0. The SMILES string of the molecule is CCOc1ccc(N2C(=O)C(=Cc3cccn3-c3ccc([N+](=O)[O-])cc3)SC2=S)cc1. The Morgan fingerprint density at radius 1 is 1.10 bits per heavy atom. The third-order valence-electron chi connectivity index (χ3n) is 4.60. The van der Waals surface area contributed by atoms with Crippen molar-refractivity contribution in [2.45, 2.75) is 6.92 Å². The van der Waals surface area contributed by atoms with Gasteiger partial charge in [-0.05, 0) is 61.5 Å². The molecule has 1 saturated heterocycles. The van der Waals surface area contributed by atoms with Crippen molar-refractivity contribution < 1.29 is 14.5 Å². The zero-order valence-electron chi connectivity index (χ0n) is 16.4. The maximum Gasteiger partial charge on any atom is 0.270 e. The molecule has 0 atom stereocenters. The Hall–Kier alpha value is -3.43. The number of non-ortho nitro benzene ring substituents is 1. The van der Waals surface area contributed by atoms with E-state index in [0.717, 1.165) is 17.1 Å². The number of carbonyl (C=O) groups excluding carboxylic acids is 1. The van der Waals surface area contributed by atoms with E-state index < -0.39 is 4.92 Å². The highest BCUT2D eigenvalue weighted by Crippen LogP contribution is 2.36. The molecule has 0 N–H and O–H groups in total. The summed E-state index contributed by atoms with van der Waals surface area (Å²) >= 11 is 6.68. The minimum Gasteiger partial charge on any atom is -0.494 e. The van der Waals surface area contributed by atoms with E-state index in [1.165, 1.54) is 28.8 Å². The van der Waals surface area contributed by atoms with Crippen LogP contribution in [0.3, 0.4) is 0 Å². The summed E-state index contributed by atoms with van der Waals surface area (Å²) in [5.74, 6) is 0.531. The minimum atomic E-state index is -0.438. The summed E-state index contributed by atoms with van der Waals surface area (Å²) in [7, 11) is 0. The van der Waals surface area contributed by atoms with Gasteiger partial charge >= 0.3 is 0 Å². The Labute approximate surface area is 188 Å². The van der Waals surface area contributed by atoms with Gasteiger partial charge in [0, 0.05) is 29.7 Å². The van der Waals surface area contributed by atoms with E-state index in [0.29, 0.717) is 21.5 Å². The van der Waals surface area contributed by atoms with Gasteiger partial charge in [-0.25, -0.2) is 0 Å². The number of anilines is 1. The van der Waals surface area contributed by atoms with E-state index in [4.69, 9.17) is 17.0 Å². The molecule has 0 unspecified atom stereocenters. The summed E-state index contributed by atoms with van der Waals surface area (Å²) in [4.78, 5) is 25.5. The van der Waals surface area contributed by atoms with Gasteiger partial charge < -0.3 is 9.30 Å². The lowest BCUT2D eigenvalue weighted by Gasteiger charge is -2.15. The maximum atomic E-state index is 13.1. The van der Waals surface area contributed by atoms with Crippen LogP contribution in [0.25, 0.3) is 11.8 Å². The first-order valence-electron chi connectivity index (χ1n) is 9.41. The van der Waals surface area contributed by atoms with E-state index in [1.807, 2.05) is 29.8 Å². The Bertz CT molecular complexity index is 1180. The molecule has 2 aromatic carbocycles. The molecule has 156 valence electrons. The number of nitro groups is 1. The van der Waals surface area contributed by atoms with Crippen molar-refractivity contribution in [3.8, 4) is 11.4 Å². The molecule has 0 aliphatic carbocycles. The number of ether oxygens (including phenoxy) is 1. The van der Waals surface area contributed by atoms with Crippen molar-refractivity contribution in [2.75, 3.05) is 11.5 Å². The summed E-state index contributed by atoms with van der Waals surface area (Å²) in [5, 5.41) is 10.9. The van der Waals surface area contributed by atoms with Crippen molar-refractivity contribution in [1.82, 2.24) is 4.57 Å². The molecular weight excluding hydrogens is 434 g/mol. The van der Waals surface area contributed by atoms with Crippen LogP contribution in [0, 0.1) is 10.1 Å². The van der Waals surface area contributed by atoms with Crippen LogP contribution in [0.2, 0.25) is 0 Å². The minimum absolute atomic E-state index is 0.0219. The molecule has 1 aliphatic heterocycles. The van der Waals surface area contributed by atoms with Gasteiger partial charge in [0.15, 0.2) is 4.32 Å². The molecule has 1 amide bonds. The molecule has 1 aromatic heterocycles. The van der Waals surface area contributed by atoms with E-state index in [1.54, 1.807) is 42.5 Å². The molecule has 0 saturated carbocycles. The topological polar surface area (TPSA) is 77.6 Å². The Morgan fingerprint density at radius 2 is 1.77 bits per heavy atom. The number of thioether (sulfide) groups is 1. The largest absolute Gasteiger partial charge is 0.494 e. The first kappa shape index (κ1) is 20.8. The number of nitro benzene ring substituents is 1. The monoisotopic (exact) mass is 451 g/mol. The zero-order chi connectivity index (χ0) is 22.0. The van der Waals surface area contributed by atoms with Crippen molar-refractivity contribution in [3.05, 3.63) is 87.6 Å². The number of thiocarbonyl (C=S) groups is 1. The zero-order valence-corrected chi connectivity index (χ0v) is 18.1. The predicted octanol–water partition coefficient (Wildman–Crippen LogP) is 5.19. The number of hydrogen-bond donors (Lipinski definition) is 0. The van der Waals surface area contributed by atoms with Crippen LogP contribution in [0.15, 0.2) is 71.8 Å². The second kappa shape index (κ2) is 8.75. The summed E-state index contributed by atoms with van der Waals surface area (Å²) in [6, 6.07) is 17.2. The van der Waals surface area contributed by atoms with Gasteiger partial charge in [-0.3, -0.25) is 19.8 Å². The van der Waals surface area contributed by atoms with Gasteiger partial charge in [0.2, 0.25) is 0 Å². The number of amides is 1. The highest BCUT2D eigenvalue weighted by Gasteiger charge is 2.33. The maximum absolute atomic E-state index is 13.1. The second-order valence-electron chi connectivity index (χ2n) is 6.52. The molecule has 2 heterocycles. The van der Waals surface area contributed by atoms with Crippen LogP contribution in [0.5, 0.6) is 5.75 Å². The van der Waals surface area contributed by atoms with Crippen LogP contribution in [0.4, 0.5) is 11.4 Å². The van der Waals surface area contributed by atoms with Crippen LogP contribution in [0.1, 0.15) is 12.6 Å². The molecule has 7 nitrogen and oxygen atoms in total. The van der Waals surface area contributed by atoms with Gasteiger partial charge in [0.25, 0.3) is 11.6 Å². The van der Waals surface area contributed by atoms with E-state index in [2.05, 4.69) is 0 Å². The van der Waals surface area contributed by atoms with Crippen LogP contribution in [-0.2, 0) is 4.79 Å². The van der Waals surface area contributed by atoms with Crippen molar-refractivity contribution in [1.29, 1.82) is 0 Å². The van der Waals surface area contributed by atoms with Crippen LogP contribution < -0.4 is 9.64 Å². The lowest BCUT2D eigenvalue weighted by molar-refractivity contribution is -0.384. The summed E-state index contributed by atoms with van der Waals surface area (Å²) in [5.41, 5.74) is 2.22. The third-order valence-corrected chi connectivity index (χ3v) is 5.90. The molecule has 1 aliphatic rings. The first-order chi connectivity index (χ1) is 15.0. The van der Waals surface area contributed by atoms with Crippen molar-refractivity contribution >= 4 is 51.7 Å². The fraction of sp³-hybridized carbons (Fsp3) is 0.0909. The first-order valence-corrected chi connectivity index (χ1v) is 10.6. The smallest absolute Gasteiger partial charge is 0.270 e. The quantitative estimate of drug-likeness (QED) is 0.222. The second-order valence-corrected chi connectivity index (χ2v) is 8.20. The molecule has 0 bridgehead atoms. The fourth-order valence-electron chi connectivity index (χ4n) is 3.16. The number of aromatic nitrogens is 1. The number of rotatable bonds is 6. The number of carbonyl (C=O) groups is 1. The van der Waals surface area contributed by atoms with Gasteiger partial charge in [-0.1, -0.05) is 24.0 Å². The highest BCUT2D eigenvalue weighted by molar-refractivity contribution is 8.27. The fourth-order valence-corrected chi connectivity index (χ4v) is 4.45. The number of benzene rings is 2. The van der Waals surface area contributed by atoms with Crippen LogP contribution in [-0.4, -0.2) is 26.3 Å². The average Bonchev–Trinajstić information content (AvgIpc) is 3.33. The Kier molecular flexibility index (Phi) is 5.88. The molecule has 3 aromatic rings. The molecule has 1 fully saturated rings. The van der Waals surface area contributed by atoms with E-state index in [9.17, 15) is 14.9 Å². The van der Waals surface area contributed by atoms with Gasteiger partial charge in [-0.15, -0.1) is 0 Å². The third kappa shape index (κ3) is 4.23. The van der Waals surface area contributed by atoms with Gasteiger partial charge in [0.05, 0.1) is 22.1 Å². The van der Waals surface area contributed by atoms with E-state index >= 15 is 0 Å².